The van der Waals surface area contributed by atoms with Crippen LogP contribution in [0.15, 0.2) is 18.2 Å². The maximum absolute atomic E-state index is 12.8. The molecule has 0 aliphatic heterocycles. The minimum absolute atomic E-state index is 0.210. The monoisotopic (exact) mass is 255 g/mol. The fourth-order valence-electron chi connectivity index (χ4n) is 2.69. The lowest BCUT2D eigenvalue weighted by Gasteiger charge is -2.21. The molecule has 0 unspecified atom stereocenters. The zero-order valence-electron chi connectivity index (χ0n) is 10.1. The molecule has 1 nitrogen and oxygen atoms in total. The molecule has 0 aromatic heterocycles. The fourth-order valence-corrected chi connectivity index (χ4v) is 2.69. The van der Waals surface area contributed by atoms with Crippen molar-refractivity contribution in [2.45, 2.75) is 50.4 Å². The summed E-state index contributed by atoms with van der Waals surface area (Å²) in [4.78, 5) is 0. The van der Waals surface area contributed by atoms with E-state index in [0.29, 0.717) is 6.54 Å². The van der Waals surface area contributed by atoms with Crippen molar-refractivity contribution < 1.29 is 13.2 Å². The number of fused-ring (bicyclic) bond motifs is 1. The van der Waals surface area contributed by atoms with E-state index in [4.69, 9.17) is 0 Å². The van der Waals surface area contributed by atoms with Crippen molar-refractivity contribution in [3.05, 3.63) is 34.9 Å². The lowest BCUT2D eigenvalue weighted by Crippen LogP contribution is -2.44. The Balaban J connectivity index is 1.68. The Hall–Kier alpha value is -1.03. The molecule has 4 heteroatoms. The molecule has 0 atom stereocenters. The summed E-state index contributed by atoms with van der Waals surface area (Å²) < 4.78 is 38.3. The van der Waals surface area contributed by atoms with Crippen molar-refractivity contribution in [3.63, 3.8) is 0 Å². The lowest BCUT2D eigenvalue weighted by atomic mass is 10.1. The molecule has 1 aromatic rings. The van der Waals surface area contributed by atoms with Crippen molar-refractivity contribution in [1.82, 2.24) is 5.32 Å². The molecule has 0 heterocycles. The van der Waals surface area contributed by atoms with E-state index in [1.807, 2.05) is 6.07 Å². The van der Waals surface area contributed by atoms with Crippen molar-refractivity contribution >= 4 is 0 Å². The van der Waals surface area contributed by atoms with Crippen molar-refractivity contribution in [2.75, 3.05) is 0 Å². The summed E-state index contributed by atoms with van der Waals surface area (Å²) in [5, 5.41) is 2.69. The first kappa shape index (κ1) is 12.0. The van der Waals surface area contributed by atoms with Gasteiger partial charge in [0.05, 0.1) is 0 Å². The molecule has 2 aliphatic carbocycles. The molecular weight excluding hydrogens is 239 g/mol. The molecule has 2 aliphatic rings. The number of rotatable bonds is 3. The molecule has 0 saturated heterocycles. The Labute approximate surface area is 104 Å². The van der Waals surface area contributed by atoms with Crippen LogP contribution in [-0.2, 0) is 19.4 Å². The van der Waals surface area contributed by atoms with E-state index in [1.54, 1.807) is 0 Å². The van der Waals surface area contributed by atoms with Gasteiger partial charge in [0.2, 0.25) is 0 Å². The van der Waals surface area contributed by atoms with Crippen LogP contribution in [0.4, 0.5) is 13.2 Å². The highest BCUT2D eigenvalue weighted by Gasteiger charge is 2.62. The van der Waals surface area contributed by atoms with Gasteiger partial charge in [-0.2, -0.15) is 13.2 Å². The summed E-state index contributed by atoms with van der Waals surface area (Å²) in [6.45, 7) is 0.312. The van der Waals surface area contributed by atoms with Gasteiger partial charge in [-0.15, -0.1) is 0 Å². The quantitative estimate of drug-likeness (QED) is 0.873. The van der Waals surface area contributed by atoms with Gasteiger partial charge in [0.15, 0.2) is 0 Å². The predicted octanol–water partition coefficient (Wildman–Crippen LogP) is 3.36. The zero-order valence-corrected chi connectivity index (χ0v) is 10.1. The summed E-state index contributed by atoms with van der Waals surface area (Å²) in [5.41, 5.74) is 2.03. The second-order valence-electron chi connectivity index (χ2n) is 5.39. The second-order valence-corrected chi connectivity index (χ2v) is 5.39. The Bertz CT molecular complexity index is 461. The van der Waals surface area contributed by atoms with Gasteiger partial charge in [0, 0.05) is 6.54 Å². The molecule has 0 spiro atoms. The molecule has 0 bridgehead atoms. The van der Waals surface area contributed by atoms with Crippen LogP contribution in [0.5, 0.6) is 0 Å². The average Bonchev–Trinajstić information content (AvgIpc) is 2.98. The van der Waals surface area contributed by atoms with Crippen LogP contribution in [0.1, 0.15) is 36.0 Å². The molecule has 3 rings (SSSR count). The van der Waals surface area contributed by atoms with E-state index < -0.39 is 11.7 Å². The highest BCUT2D eigenvalue weighted by Crippen LogP contribution is 2.49. The summed E-state index contributed by atoms with van der Waals surface area (Å²) in [6.07, 6.45) is -0.367. The van der Waals surface area contributed by atoms with Crippen LogP contribution >= 0.6 is 0 Å². The van der Waals surface area contributed by atoms with E-state index in [0.717, 1.165) is 18.4 Å². The molecule has 1 N–H and O–H groups in total. The van der Waals surface area contributed by atoms with Crippen LogP contribution in [0.2, 0.25) is 0 Å². The second kappa shape index (κ2) is 3.98. The van der Waals surface area contributed by atoms with Crippen LogP contribution in [0.3, 0.4) is 0 Å². The Morgan fingerprint density at radius 2 is 1.83 bits per heavy atom. The summed E-state index contributed by atoms with van der Waals surface area (Å²) in [5.74, 6) is 0. The molecule has 98 valence electrons. The smallest absolute Gasteiger partial charge is 0.299 e. The SMILES string of the molecule is FC(F)(F)C1(NCc2ccc3c(c2)CCC3)CC1. The lowest BCUT2D eigenvalue weighted by molar-refractivity contribution is -0.166. The first-order valence-corrected chi connectivity index (χ1v) is 6.43. The highest BCUT2D eigenvalue weighted by atomic mass is 19.4. The van der Waals surface area contributed by atoms with E-state index in [9.17, 15) is 13.2 Å². The molecule has 0 amide bonds. The van der Waals surface area contributed by atoms with Crippen molar-refractivity contribution in [3.8, 4) is 0 Å². The fraction of sp³-hybridized carbons (Fsp3) is 0.571. The predicted molar refractivity (Wildman–Crippen MR) is 63.3 cm³/mol. The van der Waals surface area contributed by atoms with E-state index in [-0.39, 0.29) is 12.8 Å². The molecule has 1 saturated carbocycles. The van der Waals surface area contributed by atoms with Gasteiger partial charge in [-0.25, -0.2) is 0 Å². The van der Waals surface area contributed by atoms with Crippen LogP contribution < -0.4 is 5.32 Å². The third kappa shape index (κ3) is 2.03. The molecule has 1 fully saturated rings. The van der Waals surface area contributed by atoms with Gasteiger partial charge in [-0.1, -0.05) is 18.2 Å². The topological polar surface area (TPSA) is 12.0 Å². The molecular formula is C14H16F3N. The van der Waals surface area contributed by atoms with E-state index in [1.165, 1.54) is 17.5 Å². The Morgan fingerprint density at radius 1 is 1.11 bits per heavy atom. The number of hydrogen-bond donors (Lipinski definition) is 1. The van der Waals surface area contributed by atoms with Crippen molar-refractivity contribution in [2.24, 2.45) is 0 Å². The Morgan fingerprint density at radius 3 is 2.50 bits per heavy atom. The molecule has 18 heavy (non-hydrogen) atoms. The van der Waals surface area contributed by atoms with Gasteiger partial charge >= 0.3 is 6.18 Å². The summed E-state index contributed by atoms with van der Waals surface area (Å²) in [7, 11) is 0. The van der Waals surface area contributed by atoms with Gasteiger partial charge in [0.25, 0.3) is 0 Å². The van der Waals surface area contributed by atoms with Crippen LogP contribution in [-0.4, -0.2) is 11.7 Å². The van der Waals surface area contributed by atoms with Gasteiger partial charge in [-0.05, 0) is 48.8 Å². The van der Waals surface area contributed by atoms with E-state index >= 15 is 0 Å². The number of hydrogen-bond acceptors (Lipinski definition) is 1. The van der Waals surface area contributed by atoms with E-state index in [2.05, 4.69) is 17.4 Å². The van der Waals surface area contributed by atoms with Crippen molar-refractivity contribution in [1.29, 1.82) is 0 Å². The first-order chi connectivity index (χ1) is 8.50. The van der Waals surface area contributed by atoms with Crippen LogP contribution in [0, 0.1) is 0 Å². The summed E-state index contributed by atoms with van der Waals surface area (Å²) >= 11 is 0. The highest BCUT2D eigenvalue weighted by molar-refractivity contribution is 5.35. The standard InChI is InChI=1S/C14H16F3N/c15-14(16,17)13(6-7-13)18-9-10-4-5-11-2-1-3-12(11)8-10/h4-5,8,18H,1-3,6-7,9H2. The summed E-state index contributed by atoms with van der Waals surface area (Å²) in [6, 6.07) is 6.07. The van der Waals surface area contributed by atoms with Gasteiger partial charge in [0.1, 0.15) is 5.54 Å². The first-order valence-electron chi connectivity index (χ1n) is 6.43. The normalized spacial score (nSPS) is 20.8. The largest absolute Gasteiger partial charge is 0.406 e. The average molecular weight is 255 g/mol. The molecule has 0 radical (unpaired) electrons. The maximum atomic E-state index is 12.8. The number of halogens is 3. The number of alkyl halides is 3. The minimum Gasteiger partial charge on any atom is -0.299 e. The minimum atomic E-state index is -4.12. The maximum Gasteiger partial charge on any atom is 0.406 e. The third-order valence-electron chi connectivity index (χ3n) is 4.09. The van der Waals surface area contributed by atoms with Crippen LogP contribution in [0.25, 0.3) is 0 Å². The van der Waals surface area contributed by atoms with Gasteiger partial charge in [-0.3, -0.25) is 5.32 Å². The van der Waals surface area contributed by atoms with Gasteiger partial charge < -0.3 is 0 Å². The number of nitrogens with one attached hydrogen (secondary N) is 1. The molecule has 1 aromatic carbocycles. The number of benzene rings is 1. The third-order valence-corrected chi connectivity index (χ3v) is 4.09. The zero-order chi connectivity index (χ0) is 12.8. The number of aryl methyl sites for hydroxylation is 2. The Kier molecular flexibility index (Phi) is 2.66.